The van der Waals surface area contributed by atoms with Crippen molar-refractivity contribution in [2.45, 2.75) is 43.8 Å². The van der Waals surface area contributed by atoms with E-state index in [0.717, 1.165) is 24.7 Å². The van der Waals surface area contributed by atoms with Crippen LogP contribution in [-0.2, 0) is 19.4 Å². The summed E-state index contributed by atoms with van der Waals surface area (Å²) in [5, 5.41) is 4.24. The Hall–Kier alpha value is -3.12. The summed E-state index contributed by atoms with van der Waals surface area (Å²) in [5.74, 6) is -0.384. The molecule has 4 rings (SSSR count). The maximum absolute atomic E-state index is 13.1. The van der Waals surface area contributed by atoms with E-state index in [1.54, 1.807) is 12.1 Å². The number of hydrogen-bond donors (Lipinski definition) is 2. The van der Waals surface area contributed by atoms with Crippen molar-refractivity contribution in [1.82, 2.24) is 15.2 Å². The topological polar surface area (TPSA) is 135 Å². The molecule has 3 aromatic rings. The van der Waals surface area contributed by atoms with Gasteiger partial charge in [0.25, 0.3) is 11.5 Å². The number of fused-ring (bicyclic) bond motifs is 1. The molecule has 220 valence electrons. The van der Waals surface area contributed by atoms with Crippen LogP contribution in [0, 0.1) is 6.92 Å². The molecule has 0 saturated carbocycles. The zero-order valence-corrected chi connectivity index (χ0v) is 25.2. The molecular formula is C28H31Cl2N3O7S. The number of likely N-dealkylation sites (tertiary alicyclic amines) is 1. The van der Waals surface area contributed by atoms with Crippen LogP contribution in [0.25, 0.3) is 10.8 Å². The van der Waals surface area contributed by atoms with Gasteiger partial charge in [0.2, 0.25) is 0 Å². The number of esters is 1. The molecule has 10 nitrogen and oxygen atoms in total. The number of carbonyl (C=O) groups excluding carboxylic acids is 2. The fraction of sp³-hybridized carbons (Fsp3) is 0.393. The van der Waals surface area contributed by atoms with Crippen LogP contribution in [0.1, 0.15) is 35.7 Å². The van der Waals surface area contributed by atoms with Crippen molar-refractivity contribution in [1.29, 1.82) is 0 Å². The fourth-order valence-corrected chi connectivity index (χ4v) is 5.81. The molecule has 1 aliphatic heterocycles. The van der Waals surface area contributed by atoms with Crippen molar-refractivity contribution in [3.8, 4) is 5.75 Å². The van der Waals surface area contributed by atoms with E-state index < -0.39 is 33.4 Å². The maximum atomic E-state index is 13.1. The number of halogens is 2. The van der Waals surface area contributed by atoms with Gasteiger partial charge in [-0.3, -0.25) is 19.3 Å². The van der Waals surface area contributed by atoms with E-state index in [1.165, 1.54) is 31.3 Å². The fourth-order valence-electron chi connectivity index (χ4n) is 4.74. The van der Waals surface area contributed by atoms with Crippen molar-refractivity contribution in [2.75, 3.05) is 32.4 Å². The molecule has 0 spiro atoms. The number of rotatable bonds is 9. The van der Waals surface area contributed by atoms with Crippen LogP contribution in [-0.4, -0.2) is 74.8 Å². The first-order valence-corrected chi connectivity index (χ1v) is 15.6. The summed E-state index contributed by atoms with van der Waals surface area (Å²) >= 11 is 12.5. The number of aromatic nitrogens is 1. The highest BCUT2D eigenvalue weighted by Crippen LogP contribution is 2.34. The predicted octanol–water partition coefficient (Wildman–Crippen LogP) is 3.75. The Kier molecular flexibility index (Phi) is 9.63. The molecule has 2 aromatic carbocycles. The van der Waals surface area contributed by atoms with Gasteiger partial charge in [0.1, 0.15) is 18.0 Å². The summed E-state index contributed by atoms with van der Waals surface area (Å²) in [6.45, 7) is 4.96. The van der Waals surface area contributed by atoms with Gasteiger partial charge >= 0.3 is 5.97 Å². The zero-order valence-electron chi connectivity index (χ0n) is 22.8. The Bertz CT molecular complexity index is 1630. The first-order chi connectivity index (χ1) is 19.3. The summed E-state index contributed by atoms with van der Waals surface area (Å²) in [6.07, 6.45) is 3.13. The van der Waals surface area contributed by atoms with E-state index in [2.05, 4.69) is 15.2 Å². The lowest BCUT2D eigenvalue weighted by Gasteiger charge is -2.34. The Morgan fingerprint density at radius 3 is 2.51 bits per heavy atom. The van der Waals surface area contributed by atoms with Gasteiger partial charge in [-0.25, -0.2) is 8.42 Å². The number of hydrogen-bond acceptors (Lipinski definition) is 8. The van der Waals surface area contributed by atoms with Crippen molar-refractivity contribution in [3.05, 3.63) is 68.1 Å². The standard InChI is InChI=1S/C28H31Cl2N3O7S/c1-16-24(29)6-7-25(26(16)30)40-18-8-10-33(11-9-18)15-19(39-17(2)34)13-31-28(36)23-14-32-27(35)22-12-20(41(3,37)38)4-5-21(22)23/h4-7,12,14,18-19H,8-11,13,15H2,1-3H3,(H,31,36)(H,32,35)/t19-/m1/s1. The minimum Gasteiger partial charge on any atom is -0.489 e. The molecule has 2 heterocycles. The second kappa shape index (κ2) is 12.8. The highest BCUT2D eigenvalue weighted by Gasteiger charge is 2.26. The van der Waals surface area contributed by atoms with Crippen molar-refractivity contribution in [2.24, 2.45) is 0 Å². The molecule has 1 saturated heterocycles. The number of benzene rings is 2. The van der Waals surface area contributed by atoms with Crippen molar-refractivity contribution in [3.63, 3.8) is 0 Å². The molecule has 0 bridgehead atoms. The Balaban J connectivity index is 1.38. The number of amides is 1. The monoisotopic (exact) mass is 623 g/mol. The smallest absolute Gasteiger partial charge is 0.303 e. The van der Waals surface area contributed by atoms with E-state index in [9.17, 15) is 22.8 Å². The normalized spacial score (nSPS) is 15.4. The van der Waals surface area contributed by atoms with Crippen molar-refractivity contribution >= 4 is 55.7 Å². The largest absolute Gasteiger partial charge is 0.489 e. The molecule has 1 aromatic heterocycles. The minimum absolute atomic E-state index is 0.0245. The summed E-state index contributed by atoms with van der Waals surface area (Å²) in [7, 11) is -3.54. The number of aromatic amines is 1. The highest BCUT2D eigenvalue weighted by molar-refractivity contribution is 7.90. The minimum atomic E-state index is -3.54. The number of pyridine rings is 1. The third-order valence-corrected chi connectivity index (χ3v) is 8.93. The molecular weight excluding hydrogens is 593 g/mol. The van der Waals surface area contributed by atoms with Crippen LogP contribution >= 0.6 is 23.2 Å². The molecule has 1 amide bonds. The lowest BCUT2D eigenvalue weighted by molar-refractivity contribution is -0.147. The van der Waals surface area contributed by atoms with Crippen LogP contribution < -0.4 is 15.6 Å². The lowest BCUT2D eigenvalue weighted by atomic mass is 10.1. The molecule has 1 fully saturated rings. The Morgan fingerprint density at radius 1 is 1.15 bits per heavy atom. The quantitative estimate of drug-likeness (QED) is 0.344. The Labute approximate surface area is 247 Å². The third kappa shape index (κ3) is 7.59. The summed E-state index contributed by atoms with van der Waals surface area (Å²) < 4.78 is 35.4. The lowest BCUT2D eigenvalue weighted by Crippen LogP contribution is -2.46. The summed E-state index contributed by atoms with van der Waals surface area (Å²) in [5.41, 5.74) is 0.416. The van der Waals surface area contributed by atoms with Crippen LogP contribution in [0.15, 0.2) is 46.2 Å². The van der Waals surface area contributed by atoms with Crippen LogP contribution in [0.3, 0.4) is 0 Å². The third-order valence-electron chi connectivity index (χ3n) is 6.94. The first-order valence-electron chi connectivity index (χ1n) is 13.0. The number of sulfone groups is 1. The van der Waals surface area contributed by atoms with Gasteiger partial charge < -0.3 is 19.8 Å². The maximum Gasteiger partial charge on any atom is 0.303 e. The Morgan fingerprint density at radius 2 is 1.85 bits per heavy atom. The zero-order chi connectivity index (χ0) is 29.9. The van der Waals surface area contributed by atoms with Gasteiger partial charge in [0.15, 0.2) is 9.84 Å². The summed E-state index contributed by atoms with van der Waals surface area (Å²) in [6, 6.07) is 7.56. The second-order valence-electron chi connectivity index (χ2n) is 10.1. The molecule has 0 radical (unpaired) electrons. The van der Waals surface area contributed by atoms with Gasteiger partial charge in [-0.05, 0) is 49.6 Å². The number of nitrogens with one attached hydrogen (secondary N) is 2. The van der Waals surface area contributed by atoms with E-state index in [-0.39, 0.29) is 28.5 Å². The number of nitrogens with zero attached hydrogens (tertiary/aromatic N) is 1. The molecule has 41 heavy (non-hydrogen) atoms. The van der Waals surface area contributed by atoms with E-state index >= 15 is 0 Å². The van der Waals surface area contributed by atoms with Gasteiger partial charge in [0, 0.05) is 54.8 Å². The van der Waals surface area contributed by atoms with Crippen LogP contribution in [0.2, 0.25) is 10.0 Å². The molecule has 13 heteroatoms. The second-order valence-corrected chi connectivity index (χ2v) is 12.9. The average molecular weight is 625 g/mol. The molecule has 1 aliphatic rings. The molecule has 2 N–H and O–H groups in total. The van der Waals surface area contributed by atoms with E-state index in [4.69, 9.17) is 32.7 Å². The summed E-state index contributed by atoms with van der Waals surface area (Å²) in [4.78, 5) is 41.8. The molecule has 0 aliphatic carbocycles. The first kappa shape index (κ1) is 30.8. The van der Waals surface area contributed by atoms with E-state index in [1.807, 2.05) is 6.92 Å². The van der Waals surface area contributed by atoms with E-state index in [0.29, 0.717) is 40.8 Å². The van der Waals surface area contributed by atoms with Gasteiger partial charge in [-0.2, -0.15) is 0 Å². The van der Waals surface area contributed by atoms with Crippen LogP contribution in [0.4, 0.5) is 0 Å². The average Bonchev–Trinajstić information content (AvgIpc) is 2.92. The number of carbonyl (C=O) groups is 2. The number of ether oxygens (including phenoxy) is 2. The van der Waals surface area contributed by atoms with Crippen molar-refractivity contribution < 1.29 is 27.5 Å². The van der Waals surface area contributed by atoms with Gasteiger partial charge in [0.05, 0.1) is 22.0 Å². The van der Waals surface area contributed by atoms with Gasteiger partial charge in [-0.1, -0.05) is 29.3 Å². The van der Waals surface area contributed by atoms with Crippen LogP contribution in [0.5, 0.6) is 5.75 Å². The number of H-pyrrole nitrogens is 1. The highest BCUT2D eigenvalue weighted by atomic mass is 35.5. The molecule has 0 unspecified atom stereocenters. The molecule has 1 atom stereocenters. The SMILES string of the molecule is CC(=O)O[C@H](CNC(=O)c1c[nH]c(=O)c2cc(S(C)(=O)=O)ccc12)CN1CCC(Oc2ccc(Cl)c(C)c2Cl)CC1. The predicted molar refractivity (Wildman–Crippen MR) is 157 cm³/mol. The number of piperidine rings is 1. The van der Waals surface area contributed by atoms with Gasteiger partial charge in [-0.15, -0.1) is 0 Å².